The number of benzene rings is 19. The highest BCUT2D eigenvalue weighted by atomic mass is 32.1. The molecule has 7 aromatic heterocycles. The second-order valence-corrected chi connectivity index (χ2v) is 39.4. The van der Waals surface area contributed by atoms with Crippen molar-refractivity contribution in [2.75, 3.05) is 0 Å². The summed E-state index contributed by atoms with van der Waals surface area (Å²) in [6, 6.07) is 166. The summed E-state index contributed by atoms with van der Waals surface area (Å²) in [5.74, 6) is 0.700. The van der Waals surface area contributed by atoms with Gasteiger partial charge in [-0.1, -0.05) is 394 Å². The Morgan fingerprint density at radius 3 is 0.910 bits per heavy atom. The molecule has 0 aliphatic carbocycles. The van der Waals surface area contributed by atoms with Gasteiger partial charge in [-0.25, -0.2) is 24.9 Å². The van der Waals surface area contributed by atoms with Crippen LogP contribution in [0.3, 0.4) is 0 Å². The van der Waals surface area contributed by atoms with Gasteiger partial charge in [-0.2, -0.15) is 0 Å². The number of hydrogen-bond acceptors (Lipinski definition) is 9. The highest BCUT2D eigenvalue weighted by molar-refractivity contribution is 7.85. The van der Waals surface area contributed by atoms with Crippen molar-refractivity contribution in [3.05, 3.63) is 473 Å². The van der Waals surface area contributed by atoms with Crippen LogP contribution in [0.1, 0.15) is 0 Å². The lowest BCUT2D eigenvalue weighted by Gasteiger charge is -2.20. The maximum atomic E-state index is 14.8. The first-order valence-corrected chi connectivity index (χ1v) is 48.8. The monoisotopic (exact) mass is 1770 g/mol. The van der Waals surface area contributed by atoms with Gasteiger partial charge in [-0.15, -0.1) is 34.0 Å². The van der Waals surface area contributed by atoms with E-state index in [2.05, 4.69) is 376 Å². The number of fused-ring (bicyclic) bond motifs is 17. The molecule has 0 atom stereocenters. The molecule has 26 rings (SSSR count). The first-order valence-electron chi connectivity index (χ1n) is 44.6. The standard InChI is InChI=1S/C43H27N3S.C41H25NS.C39H26NOPS/c1-3-12-28(13-4-1)29-22-24-30(25-23-29)37-27-38(46-43(45-37)31-14-5-2-6-15-31)32-16-11-17-33(26-32)41-40-35-19-8-10-21-39(35)47-42(40)34-18-7-9-20-36(34)44-41;1-2-9-27-22-30(17-16-26(27)8-1)32-21-20-31-23-29(18-19-33(31)24-32)28-10-7-11-34(25-28)40-39-36-13-4-6-15-38(36)43-41(39)35-12-3-5-14-37(35)42-40;41-42(30-14-3-1-4-15-30,31-16-5-2-6-17-31)32-24-22-27(23-25-32)28-12-11-13-29(26-28)38-37-34-19-8-10-21-36(34)43-39(37)33-18-7-9-20-35(33)40-38/h1-27H;1-25H;1-26H. The highest BCUT2D eigenvalue weighted by Gasteiger charge is 2.30. The molecule has 133 heavy (non-hydrogen) atoms. The molecule has 0 bridgehead atoms. The Balaban J connectivity index is 0.000000110. The van der Waals surface area contributed by atoms with Crippen molar-refractivity contribution in [2.24, 2.45) is 0 Å². The van der Waals surface area contributed by atoms with Gasteiger partial charge in [0.2, 0.25) is 0 Å². The topological polar surface area (TPSA) is 81.5 Å². The Labute approximate surface area is 780 Å². The maximum Gasteiger partial charge on any atom is 0.171 e. The molecule has 0 spiro atoms. The van der Waals surface area contributed by atoms with E-state index in [9.17, 15) is 4.57 Å². The second-order valence-electron chi connectivity index (χ2n) is 33.5. The molecule has 0 fully saturated rings. The zero-order chi connectivity index (χ0) is 88.3. The molecule has 0 N–H and O–H groups in total. The predicted octanol–water partition coefficient (Wildman–Crippen LogP) is 33.2. The van der Waals surface area contributed by atoms with Gasteiger partial charge in [-0.3, -0.25) is 0 Å². The van der Waals surface area contributed by atoms with Crippen LogP contribution in [0, 0.1) is 0 Å². The smallest absolute Gasteiger partial charge is 0.171 e. The van der Waals surface area contributed by atoms with Crippen LogP contribution in [0.25, 0.3) is 227 Å². The summed E-state index contributed by atoms with van der Waals surface area (Å²) in [4.78, 5) is 25.9. The minimum Gasteiger partial charge on any atom is -0.309 e. The fraction of sp³-hybridized carbons (Fsp3) is 0. The molecule has 0 amide bonds. The average molecular weight is 1770 g/mol. The van der Waals surface area contributed by atoms with Gasteiger partial charge in [0, 0.05) is 126 Å². The first kappa shape index (κ1) is 80.2. The number of hydrogen-bond donors (Lipinski definition) is 0. The molecular weight excluding hydrogens is 1690 g/mol. The fourth-order valence-electron chi connectivity index (χ4n) is 18.9. The lowest BCUT2D eigenvalue weighted by molar-refractivity contribution is 0.592. The van der Waals surface area contributed by atoms with Crippen LogP contribution in [0.5, 0.6) is 0 Å². The van der Waals surface area contributed by atoms with Crippen molar-refractivity contribution in [1.82, 2.24) is 24.9 Å². The Hall–Kier alpha value is -16.1. The van der Waals surface area contributed by atoms with Gasteiger partial charge in [0.15, 0.2) is 13.0 Å². The minimum absolute atomic E-state index is 0.700. The van der Waals surface area contributed by atoms with E-state index in [0.717, 1.165) is 105 Å². The number of nitrogens with zero attached hydrogens (tertiary/aromatic N) is 5. The van der Waals surface area contributed by atoms with Gasteiger partial charge in [-0.05, 0) is 145 Å². The Morgan fingerprint density at radius 1 is 0.180 bits per heavy atom. The van der Waals surface area contributed by atoms with Crippen molar-refractivity contribution in [2.45, 2.75) is 0 Å². The lowest BCUT2D eigenvalue weighted by Crippen LogP contribution is -2.24. The molecule has 0 aliphatic heterocycles. The van der Waals surface area contributed by atoms with Crippen LogP contribution >= 0.6 is 41.2 Å². The largest absolute Gasteiger partial charge is 0.309 e. The summed E-state index contributed by atoms with van der Waals surface area (Å²) in [5, 5.41) is 18.5. The molecule has 7 heterocycles. The Bertz CT molecular complexity index is 9010. The van der Waals surface area contributed by atoms with Crippen molar-refractivity contribution in [3.63, 3.8) is 0 Å². The van der Waals surface area contributed by atoms with Gasteiger partial charge >= 0.3 is 0 Å². The van der Waals surface area contributed by atoms with Gasteiger partial charge < -0.3 is 4.57 Å². The first-order chi connectivity index (χ1) is 65.8. The zero-order valence-corrected chi connectivity index (χ0v) is 75.2. The average Bonchev–Trinajstić information content (AvgIpc) is 1.56. The third kappa shape index (κ3) is 15.1. The van der Waals surface area contributed by atoms with Crippen LogP contribution in [0.4, 0.5) is 0 Å². The Kier molecular flexibility index (Phi) is 20.8. The fourth-order valence-corrected chi connectivity index (χ4v) is 25.2. The van der Waals surface area contributed by atoms with E-state index in [-0.39, 0.29) is 0 Å². The van der Waals surface area contributed by atoms with E-state index >= 15 is 0 Å². The molecule has 10 heteroatoms. The highest BCUT2D eigenvalue weighted by Crippen LogP contribution is 2.49. The number of pyridine rings is 3. The molecule has 0 saturated carbocycles. The second kappa shape index (κ2) is 34.4. The predicted molar refractivity (Wildman–Crippen MR) is 568 cm³/mol. The van der Waals surface area contributed by atoms with Crippen LogP contribution in [-0.2, 0) is 4.57 Å². The summed E-state index contributed by atoms with van der Waals surface area (Å²) in [7, 11) is -3.02. The summed E-state index contributed by atoms with van der Waals surface area (Å²) in [6.07, 6.45) is 0. The third-order valence-electron chi connectivity index (χ3n) is 25.4. The maximum absolute atomic E-state index is 14.8. The summed E-state index contributed by atoms with van der Waals surface area (Å²) in [5.41, 5.74) is 23.6. The molecule has 0 unspecified atom stereocenters. The number of rotatable bonds is 13. The molecule has 0 saturated heterocycles. The number of thiophene rings is 3. The SMILES string of the molecule is O=P(c1ccccc1)(c1ccccc1)c1ccc(-c2cccc(-c3nc4ccccc4c4sc5ccccc5c34)c2)cc1.c1cc(-c2ccc3cc(-c4ccc5ccccc5c4)ccc3c2)cc(-c2nc3ccccc3c3sc4ccccc4c23)c1.c1ccc(-c2ccc(-c3cc(-c4cccc(-c5nc6ccccc6c6sc7ccccc7c56)c4)nc(-c4ccccc4)n3)cc2)cc1. The summed E-state index contributed by atoms with van der Waals surface area (Å²) < 4.78 is 22.5. The van der Waals surface area contributed by atoms with Gasteiger partial charge in [0.25, 0.3) is 0 Å². The molecule has 6 nitrogen and oxygen atoms in total. The third-order valence-corrected chi connectivity index (χ3v) is 32.1. The minimum atomic E-state index is -3.02. The van der Waals surface area contributed by atoms with Crippen LogP contribution < -0.4 is 15.9 Å². The van der Waals surface area contributed by atoms with Crippen LogP contribution in [0.15, 0.2) is 473 Å². The van der Waals surface area contributed by atoms with Gasteiger partial charge in [0.1, 0.15) is 0 Å². The van der Waals surface area contributed by atoms with Crippen molar-refractivity contribution >= 4 is 172 Å². The van der Waals surface area contributed by atoms with Crippen molar-refractivity contribution < 1.29 is 4.57 Å². The van der Waals surface area contributed by atoms with Crippen molar-refractivity contribution in [1.29, 1.82) is 0 Å². The Morgan fingerprint density at radius 2 is 0.459 bits per heavy atom. The number of aromatic nitrogens is 5. The van der Waals surface area contributed by atoms with Crippen LogP contribution in [-0.4, -0.2) is 24.9 Å². The van der Waals surface area contributed by atoms with E-state index < -0.39 is 7.14 Å². The molecule has 26 aromatic rings. The molecule has 624 valence electrons. The van der Waals surface area contributed by atoms with Crippen LogP contribution in [0.2, 0.25) is 0 Å². The molecule has 0 radical (unpaired) electrons. The summed E-state index contributed by atoms with van der Waals surface area (Å²) >= 11 is 5.53. The zero-order valence-electron chi connectivity index (χ0n) is 71.8. The van der Waals surface area contributed by atoms with E-state index in [4.69, 9.17) is 24.9 Å². The van der Waals surface area contributed by atoms with E-state index in [1.165, 1.54) is 132 Å². The van der Waals surface area contributed by atoms with E-state index in [0.29, 0.717) is 5.82 Å². The van der Waals surface area contributed by atoms with Crippen molar-refractivity contribution in [3.8, 4) is 112 Å². The molecule has 0 aliphatic rings. The molecular formula is C123H78N5OPS3. The quantitative estimate of drug-likeness (QED) is 0.107. The van der Waals surface area contributed by atoms with E-state index in [1.807, 2.05) is 131 Å². The normalized spacial score (nSPS) is 11.6. The number of para-hydroxylation sites is 3. The molecule has 19 aromatic carbocycles. The van der Waals surface area contributed by atoms with Gasteiger partial charge in [0.05, 0.1) is 45.0 Å². The lowest BCUT2D eigenvalue weighted by atomic mass is 9.95. The van der Waals surface area contributed by atoms with E-state index in [1.54, 1.807) is 0 Å². The summed E-state index contributed by atoms with van der Waals surface area (Å²) in [6.45, 7) is 0.